The van der Waals surface area contributed by atoms with Gasteiger partial charge in [-0.25, -0.2) is 0 Å². The van der Waals surface area contributed by atoms with E-state index >= 15 is 0 Å². The van der Waals surface area contributed by atoms with E-state index < -0.39 is 0 Å². The Balaban J connectivity index is 2.05. The molecule has 0 spiro atoms. The molecular formula is C14H21N2O2+. The van der Waals surface area contributed by atoms with Crippen molar-refractivity contribution in [1.29, 1.82) is 0 Å². The van der Waals surface area contributed by atoms with Crippen LogP contribution in [0.5, 0.6) is 0 Å². The van der Waals surface area contributed by atoms with Gasteiger partial charge >= 0.3 is 0 Å². The van der Waals surface area contributed by atoms with Crippen LogP contribution >= 0.6 is 0 Å². The first-order valence-electron chi connectivity index (χ1n) is 6.83. The molecule has 1 aliphatic heterocycles. The molecule has 1 heterocycles. The predicted octanol–water partition coefficient (Wildman–Crippen LogP) is 1.94. The van der Waals surface area contributed by atoms with Crippen molar-refractivity contribution >= 4 is 5.69 Å². The molecule has 0 saturated carbocycles. The number of para-hydroxylation sites is 1. The third-order valence-corrected chi connectivity index (χ3v) is 3.69. The molecule has 98 valence electrons. The van der Waals surface area contributed by atoms with Crippen molar-refractivity contribution in [2.24, 2.45) is 0 Å². The van der Waals surface area contributed by atoms with Crippen LogP contribution in [0.25, 0.3) is 0 Å². The molecule has 1 fully saturated rings. The molecule has 18 heavy (non-hydrogen) atoms. The number of nitro groups is 1. The van der Waals surface area contributed by atoms with E-state index in [1.165, 1.54) is 37.0 Å². The summed E-state index contributed by atoms with van der Waals surface area (Å²) < 4.78 is 0. The average Bonchev–Trinajstić information content (AvgIpc) is 2.33. The van der Waals surface area contributed by atoms with Crippen molar-refractivity contribution in [3.63, 3.8) is 0 Å². The van der Waals surface area contributed by atoms with Crippen LogP contribution in [0.4, 0.5) is 5.69 Å². The summed E-state index contributed by atoms with van der Waals surface area (Å²) in [5.41, 5.74) is 1.14. The second-order valence-electron chi connectivity index (χ2n) is 5.08. The lowest BCUT2D eigenvalue weighted by Crippen LogP contribution is -3.10. The van der Waals surface area contributed by atoms with Crippen LogP contribution in [0.3, 0.4) is 0 Å². The van der Waals surface area contributed by atoms with Crippen LogP contribution in [-0.2, 0) is 6.54 Å². The van der Waals surface area contributed by atoms with Gasteiger partial charge in [-0.15, -0.1) is 0 Å². The van der Waals surface area contributed by atoms with E-state index in [1.54, 1.807) is 12.1 Å². The molecule has 0 amide bonds. The van der Waals surface area contributed by atoms with Crippen LogP contribution in [0, 0.1) is 10.1 Å². The smallest absolute Gasteiger partial charge is 0.278 e. The minimum absolute atomic E-state index is 0.265. The van der Waals surface area contributed by atoms with Gasteiger partial charge in [-0.05, 0) is 31.7 Å². The second-order valence-corrected chi connectivity index (χ2v) is 5.08. The van der Waals surface area contributed by atoms with E-state index in [2.05, 4.69) is 0 Å². The Morgan fingerprint density at radius 1 is 1.06 bits per heavy atom. The van der Waals surface area contributed by atoms with E-state index in [-0.39, 0.29) is 10.6 Å². The summed E-state index contributed by atoms with van der Waals surface area (Å²) in [6.07, 6.45) is 6.45. The van der Waals surface area contributed by atoms with Gasteiger partial charge < -0.3 is 4.90 Å². The Morgan fingerprint density at radius 2 is 1.67 bits per heavy atom. The van der Waals surface area contributed by atoms with Crippen molar-refractivity contribution in [1.82, 2.24) is 0 Å². The van der Waals surface area contributed by atoms with Gasteiger partial charge in [-0.2, -0.15) is 0 Å². The molecule has 1 aromatic rings. The summed E-state index contributed by atoms with van der Waals surface area (Å²) in [5.74, 6) is 0. The summed E-state index contributed by atoms with van der Waals surface area (Å²) in [4.78, 5) is 12.2. The standard InChI is InChI=1S/C14H20N2O2/c17-16(18)14-9-5-4-8-13(14)12-15-10-6-2-1-3-7-11-15/h4-5,8-9H,1-3,6-7,10-12H2/p+1. The third kappa shape index (κ3) is 3.53. The van der Waals surface area contributed by atoms with E-state index in [0.29, 0.717) is 0 Å². The largest absolute Gasteiger partial charge is 0.331 e. The van der Waals surface area contributed by atoms with Crippen molar-refractivity contribution in [3.05, 3.63) is 39.9 Å². The zero-order valence-electron chi connectivity index (χ0n) is 10.7. The summed E-state index contributed by atoms with van der Waals surface area (Å²) in [6.45, 7) is 3.08. The molecule has 1 aliphatic rings. The fourth-order valence-electron chi connectivity index (χ4n) is 2.69. The van der Waals surface area contributed by atoms with Gasteiger partial charge in [-0.1, -0.05) is 18.6 Å². The zero-order chi connectivity index (χ0) is 12.8. The minimum atomic E-state index is -0.265. The van der Waals surface area contributed by atoms with Crippen LogP contribution in [-0.4, -0.2) is 18.0 Å². The molecular weight excluding hydrogens is 228 g/mol. The van der Waals surface area contributed by atoms with E-state index in [0.717, 1.165) is 25.2 Å². The number of nitrogens with one attached hydrogen (secondary N) is 1. The first-order valence-corrected chi connectivity index (χ1v) is 6.83. The van der Waals surface area contributed by atoms with Gasteiger partial charge in [0.05, 0.1) is 23.6 Å². The Morgan fingerprint density at radius 3 is 2.33 bits per heavy atom. The summed E-state index contributed by atoms with van der Waals surface area (Å²) >= 11 is 0. The second kappa shape index (κ2) is 6.50. The van der Waals surface area contributed by atoms with Gasteiger partial charge in [-0.3, -0.25) is 10.1 Å². The molecule has 4 nitrogen and oxygen atoms in total. The van der Waals surface area contributed by atoms with Gasteiger partial charge in [0.25, 0.3) is 5.69 Å². The third-order valence-electron chi connectivity index (χ3n) is 3.69. The quantitative estimate of drug-likeness (QED) is 0.657. The van der Waals surface area contributed by atoms with Gasteiger partial charge in [0.15, 0.2) is 0 Å². The topological polar surface area (TPSA) is 47.6 Å². The van der Waals surface area contributed by atoms with Crippen LogP contribution in [0.15, 0.2) is 24.3 Å². The van der Waals surface area contributed by atoms with Crippen molar-refractivity contribution < 1.29 is 9.82 Å². The average molecular weight is 249 g/mol. The van der Waals surface area contributed by atoms with Crippen molar-refractivity contribution in [2.45, 2.75) is 38.6 Å². The summed E-state index contributed by atoms with van der Waals surface area (Å²) in [7, 11) is 0. The molecule has 0 aromatic heterocycles. The highest BCUT2D eigenvalue weighted by molar-refractivity contribution is 5.38. The molecule has 0 unspecified atom stereocenters. The molecule has 0 atom stereocenters. The SMILES string of the molecule is O=[N+]([O-])c1ccccc1C[NH+]1CCCCCCC1. The number of quaternary nitrogens is 1. The molecule has 0 radical (unpaired) electrons. The number of rotatable bonds is 3. The lowest BCUT2D eigenvalue weighted by Gasteiger charge is -2.21. The highest BCUT2D eigenvalue weighted by Crippen LogP contribution is 2.16. The van der Waals surface area contributed by atoms with Crippen LogP contribution in [0.1, 0.15) is 37.7 Å². The van der Waals surface area contributed by atoms with Gasteiger partial charge in [0, 0.05) is 6.07 Å². The minimum Gasteiger partial charge on any atom is -0.331 e. The van der Waals surface area contributed by atoms with E-state index in [4.69, 9.17) is 0 Å². The number of hydrogen-bond donors (Lipinski definition) is 1. The van der Waals surface area contributed by atoms with Crippen LogP contribution in [0.2, 0.25) is 0 Å². The number of benzene rings is 1. The normalized spacial score (nSPS) is 18.0. The predicted molar refractivity (Wildman–Crippen MR) is 70.6 cm³/mol. The molecule has 1 saturated heterocycles. The maximum atomic E-state index is 11.0. The molecule has 1 N–H and O–H groups in total. The first kappa shape index (κ1) is 13.0. The Kier molecular flexibility index (Phi) is 4.70. The Bertz CT molecular complexity index is 399. The van der Waals surface area contributed by atoms with Crippen molar-refractivity contribution in [2.75, 3.05) is 13.1 Å². The number of likely N-dealkylation sites (tertiary alicyclic amines) is 1. The van der Waals surface area contributed by atoms with Crippen LogP contribution < -0.4 is 4.90 Å². The summed E-state index contributed by atoms with van der Waals surface area (Å²) in [6, 6.07) is 7.14. The van der Waals surface area contributed by atoms with E-state index in [9.17, 15) is 10.1 Å². The molecule has 1 aromatic carbocycles. The van der Waals surface area contributed by atoms with Gasteiger partial charge in [0.1, 0.15) is 6.54 Å². The molecule has 2 rings (SSSR count). The zero-order valence-corrected chi connectivity index (χ0v) is 10.7. The van der Waals surface area contributed by atoms with Crippen molar-refractivity contribution in [3.8, 4) is 0 Å². The maximum absolute atomic E-state index is 11.0. The fourth-order valence-corrected chi connectivity index (χ4v) is 2.69. The Labute approximate surface area is 108 Å². The molecule has 4 heteroatoms. The Hall–Kier alpha value is -1.42. The number of nitrogens with zero attached hydrogens (tertiary/aromatic N) is 1. The molecule has 0 bridgehead atoms. The van der Waals surface area contributed by atoms with E-state index in [1.807, 2.05) is 12.1 Å². The van der Waals surface area contributed by atoms with Gasteiger partial charge in [0.2, 0.25) is 0 Å². The highest BCUT2D eigenvalue weighted by Gasteiger charge is 2.18. The summed E-state index contributed by atoms with van der Waals surface area (Å²) in [5, 5.41) is 11.0. The highest BCUT2D eigenvalue weighted by atomic mass is 16.6. The monoisotopic (exact) mass is 249 g/mol. The maximum Gasteiger partial charge on any atom is 0.278 e. The number of nitro benzene ring substituents is 1. The fraction of sp³-hybridized carbons (Fsp3) is 0.571. The first-order chi connectivity index (χ1) is 8.77. The molecule has 0 aliphatic carbocycles. The lowest BCUT2D eigenvalue weighted by molar-refractivity contribution is -0.915. The number of hydrogen-bond acceptors (Lipinski definition) is 2. The lowest BCUT2D eigenvalue weighted by atomic mass is 10.1.